The van der Waals surface area contributed by atoms with E-state index in [4.69, 9.17) is 4.74 Å². The number of nitrogens with zero attached hydrogens (tertiary/aromatic N) is 1. The van der Waals surface area contributed by atoms with Gasteiger partial charge in [0.1, 0.15) is 0 Å². The molecule has 0 aliphatic heterocycles. The van der Waals surface area contributed by atoms with Crippen molar-refractivity contribution in [1.29, 1.82) is 0 Å². The van der Waals surface area contributed by atoms with E-state index in [-0.39, 0.29) is 17.5 Å². The van der Waals surface area contributed by atoms with Crippen molar-refractivity contribution < 1.29 is 9.53 Å². The lowest BCUT2D eigenvalue weighted by molar-refractivity contribution is -0.126. The van der Waals surface area contributed by atoms with Crippen LogP contribution in [0.2, 0.25) is 0 Å². The Morgan fingerprint density at radius 1 is 1.50 bits per heavy atom. The van der Waals surface area contributed by atoms with Gasteiger partial charge in [-0.1, -0.05) is 12.8 Å². The fraction of sp³-hybridized carbons (Fsp3) is 0.750. The average molecular weight is 323 g/mol. The van der Waals surface area contributed by atoms with Crippen LogP contribution < -0.4 is 10.6 Å². The number of carbonyl (C=O) groups is 1. The van der Waals surface area contributed by atoms with E-state index in [2.05, 4.69) is 15.6 Å². The van der Waals surface area contributed by atoms with Gasteiger partial charge < -0.3 is 15.4 Å². The van der Waals surface area contributed by atoms with Crippen LogP contribution in [0, 0.1) is 12.3 Å². The smallest absolute Gasteiger partial charge is 0.315 e. The molecule has 0 aromatic carbocycles. The number of amides is 2. The Kier molecular flexibility index (Phi) is 4.68. The molecule has 2 saturated carbocycles. The third kappa shape index (κ3) is 2.86. The lowest BCUT2D eigenvalue weighted by Crippen LogP contribution is -2.64. The molecule has 6 heteroatoms. The Morgan fingerprint density at radius 2 is 2.27 bits per heavy atom. The van der Waals surface area contributed by atoms with E-state index in [9.17, 15) is 4.79 Å². The summed E-state index contributed by atoms with van der Waals surface area (Å²) in [5.74, 6) is 0. The fourth-order valence-corrected chi connectivity index (χ4v) is 4.67. The molecule has 22 heavy (non-hydrogen) atoms. The highest BCUT2D eigenvalue weighted by Crippen LogP contribution is 2.54. The van der Waals surface area contributed by atoms with Crippen LogP contribution in [-0.2, 0) is 11.3 Å². The van der Waals surface area contributed by atoms with Crippen molar-refractivity contribution >= 4 is 17.4 Å². The molecule has 0 radical (unpaired) electrons. The van der Waals surface area contributed by atoms with Crippen LogP contribution in [-0.4, -0.2) is 29.8 Å². The lowest BCUT2D eigenvalue weighted by atomic mass is 9.60. The van der Waals surface area contributed by atoms with E-state index in [0.29, 0.717) is 12.6 Å². The summed E-state index contributed by atoms with van der Waals surface area (Å²) in [5, 5.41) is 6.13. The first-order chi connectivity index (χ1) is 10.7. The van der Waals surface area contributed by atoms with Gasteiger partial charge in [-0.2, -0.15) is 0 Å². The molecule has 2 atom stereocenters. The van der Waals surface area contributed by atoms with Crippen molar-refractivity contribution in [2.75, 3.05) is 6.61 Å². The molecule has 2 N–H and O–H groups in total. The standard InChI is InChI=1S/C16H25N3O2S/c1-3-21-14-8-13(16(14)6-4-5-7-16)19-15(20)17-9-12-11(2)18-10-22-12/h10,13-14H,3-9H2,1-2H3,(H2,17,19,20). The predicted octanol–water partition coefficient (Wildman–Crippen LogP) is 2.99. The van der Waals surface area contributed by atoms with Gasteiger partial charge in [0, 0.05) is 22.9 Å². The van der Waals surface area contributed by atoms with Gasteiger partial charge in [0.25, 0.3) is 0 Å². The molecule has 2 amide bonds. The summed E-state index contributed by atoms with van der Waals surface area (Å²) in [6, 6.07) is 0.188. The number of urea groups is 1. The third-order valence-corrected chi connectivity index (χ3v) is 6.18. The van der Waals surface area contributed by atoms with Crippen LogP contribution in [0.1, 0.15) is 49.6 Å². The topological polar surface area (TPSA) is 63.2 Å². The molecular formula is C16H25N3O2S. The summed E-state index contributed by atoms with van der Waals surface area (Å²) in [6.07, 6.45) is 6.13. The molecule has 3 rings (SSSR count). The second kappa shape index (κ2) is 6.54. The summed E-state index contributed by atoms with van der Waals surface area (Å²) in [5.41, 5.74) is 3.00. The predicted molar refractivity (Wildman–Crippen MR) is 86.9 cm³/mol. The number of aryl methyl sites for hydroxylation is 1. The highest BCUT2D eigenvalue weighted by molar-refractivity contribution is 7.09. The minimum atomic E-state index is -0.0703. The van der Waals surface area contributed by atoms with Crippen LogP contribution in [0.3, 0.4) is 0 Å². The number of hydrogen-bond acceptors (Lipinski definition) is 4. The molecule has 2 unspecified atom stereocenters. The van der Waals surface area contributed by atoms with Gasteiger partial charge in [0.15, 0.2) is 0 Å². The first-order valence-electron chi connectivity index (χ1n) is 8.20. The van der Waals surface area contributed by atoms with E-state index >= 15 is 0 Å². The van der Waals surface area contributed by atoms with Crippen molar-refractivity contribution in [3.8, 4) is 0 Å². The van der Waals surface area contributed by atoms with Crippen molar-refractivity contribution in [2.24, 2.45) is 5.41 Å². The van der Waals surface area contributed by atoms with E-state index in [1.165, 1.54) is 25.7 Å². The van der Waals surface area contributed by atoms with Crippen LogP contribution in [0.25, 0.3) is 0 Å². The zero-order valence-corrected chi connectivity index (χ0v) is 14.2. The number of thiazole rings is 1. The highest BCUT2D eigenvalue weighted by atomic mass is 32.1. The van der Waals surface area contributed by atoms with Crippen LogP contribution in [0.15, 0.2) is 5.51 Å². The van der Waals surface area contributed by atoms with Gasteiger partial charge in [-0.05, 0) is 33.1 Å². The Morgan fingerprint density at radius 3 is 2.91 bits per heavy atom. The molecule has 0 saturated heterocycles. The van der Waals surface area contributed by atoms with E-state index < -0.39 is 0 Å². The van der Waals surface area contributed by atoms with E-state index in [0.717, 1.165) is 23.6 Å². The quantitative estimate of drug-likeness (QED) is 0.875. The molecule has 1 aromatic rings. The normalized spacial score (nSPS) is 25.9. The fourth-order valence-electron chi connectivity index (χ4n) is 3.95. The summed E-state index contributed by atoms with van der Waals surface area (Å²) in [7, 11) is 0. The van der Waals surface area contributed by atoms with Gasteiger partial charge in [0.05, 0.1) is 23.9 Å². The van der Waals surface area contributed by atoms with Crippen molar-refractivity contribution in [2.45, 2.75) is 64.6 Å². The molecular weight excluding hydrogens is 298 g/mol. The molecule has 2 aliphatic carbocycles. The maximum Gasteiger partial charge on any atom is 0.315 e. The largest absolute Gasteiger partial charge is 0.378 e. The van der Waals surface area contributed by atoms with E-state index in [1.807, 2.05) is 19.4 Å². The van der Waals surface area contributed by atoms with Crippen molar-refractivity contribution in [3.63, 3.8) is 0 Å². The number of rotatable bonds is 5. The third-order valence-electron chi connectivity index (χ3n) is 5.25. The molecule has 2 aliphatic rings. The van der Waals surface area contributed by atoms with Gasteiger partial charge >= 0.3 is 6.03 Å². The molecule has 1 spiro atoms. The SMILES string of the molecule is CCOC1CC(NC(=O)NCc2scnc2C)C12CCCC2. The van der Waals surface area contributed by atoms with Gasteiger partial charge in [-0.3, -0.25) is 0 Å². The Bertz CT molecular complexity index is 525. The molecule has 1 aromatic heterocycles. The highest BCUT2D eigenvalue weighted by Gasteiger charge is 2.57. The second-order valence-corrected chi connectivity index (χ2v) is 7.30. The maximum atomic E-state index is 12.2. The monoisotopic (exact) mass is 323 g/mol. The summed E-state index contributed by atoms with van der Waals surface area (Å²) in [6.45, 7) is 5.33. The number of aromatic nitrogens is 1. The summed E-state index contributed by atoms with van der Waals surface area (Å²) in [4.78, 5) is 17.5. The van der Waals surface area contributed by atoms with Crippen LogP contribution in [0.5, 0.6) is 0 Å². The Hall–Kier alpha value is -1.14. The average Bonchev–Trinajstić information content (AvgIpc) is 3.14. The number of nitrogens with one attached hydrogen (secondary N) is 2. The van der Waals surface area contributed by atoms with Crippen molar-refractivity contribution in [3.05, 3.63) is 16.1 Å². The van der Waals surface area contributed by atoms with Gasteiger partial charge in [0.2, 0.25) is 0 Å². The molecule has 5 nitrogen and oxygen atoms in total. The maximum absolute atomic E-state index is 12.2. The number of carbonyl (C=O) groups excluding carboxylic acids is 1. The molecule has 1 heterocycles. The Balaban J connectivity index is 1.52. The minimum Gasteiger partial charge on any atom is -0.378 e. The zero-order valence-electron chi connectivity index (χ0n) is 13.4. The zero-order chi connectivity index (χ0) is 15.6. The Labute approximate surface area is 135 Å². The van der Waals surface area contributed by atoms with Crippen molar-refractivity contribution in [1.82, 2.24) is 15.6 Å². The number of hydrogen-bond donors (Lipinski definition) is 2. The lowest BCUT2D eigenvalue weighted by Gasteiger charge is -2.53. The van der Waals surface area contributed by atoms with Gasteiger partial charge in [-0.25, -0.2) is 9.78 Å². The first kappa shape index (κ1) is 15.7. The van der Waals surface area contributed by atoms with Crippen LogP contribution in [0.4, 0.5) is 4.79 Å². The molecule has 122 valence electrons. The summed E-state index contributed by atoms with van der Waals surface area (Å²) < 4.78 is 5.88. The van der Waals surface area contributed by atoms with Crippen LogP contribution >= 0.6 is 11.3 Å². The summed E-state index contributed by atoms with van der Waals surface area (Å²) >= 11 is 1.58. The molecule has 2 fully saturated rings. The minimum absolute atomic E-state index is 0.0703. The first-order valence-corrected chi connectivity index (χ1v) is 9.08. The van der Waals surface area contributed by atoms with Gasteiger partial charge in [-0.15, -0.1) is 11.3 Å². The number of ether oxygens (including phenoxy) is 1. The molecule has 0 bridgehead atoms. The van der Waals surface area contributed by atoms with E-state index in [1.54, 1.807) is 11.3 Å². The second-order valence-electron chi connectivity index (χ2n) is 6.36.